The van der Waals surface area contributed by atoms with Gasteiger partial charge in [-0.1, -0.05) is 66.7 Å². The van der Waals surface area contributed by atoms with Gasteiger partial charge in [-0.3, -0.25) is 13.9 Å². The molecular weight excluding hydrogens is 436 g/mol. The lowest BCUT2D eigenvalue weighted by Crippen LogP contribution is -2.44. The molecule has 5 rings (SSSR count). The molecular formula is C28H32N6O. The van der Waals surface area contributed by atoms with Crippen molar-refractivity contribution in [1.29, 1.82) is 0 Å². The van der Waals surface area contributed by atoms with Crippen LogP contribution in [-0.2, 0) is 25.9 Å². The molecule has 2 aromatic heterocycles. The molecule has 0 saturated carbocycles. The molecule has 0 amide bonds. The molecule has 0 aliphatic carbocycles. The number of hydrogen-bond acceptors (Lipinski definition) is 5. The number of imidazole rings is 1. The minimum atomic E-state index is -0.0750. The molecule has 1 saturated heterocycles. The molecule has 1 aliphatic heterocycles. The molecule has 0 spiro atoms. The van der Waals surface area contributed by atoms with E-state index in [1.54, 1.807) is 10.6 Å². The molecule has 2 N–H and O–H groups in total. The zero-order valence-electron chi connectivity index (χ0n) is 20.0. The van der Waals surface area contributed by atoms with Gasteiger partial charge in [-0.25, -0.2) is 4.98 Å². The van der Waals surface area contributed by atoms with E-state index in [1.165, 1.54) is 5.56 Å². The van der Waals surface area contributed by atoms with E-state index in [0.29, 0.717) is 30.7 Å². The number of benzene rings is 2. The summed E-state index contributed by atoms with van der Waals surface area (Å²) < 4.78 is 3.77. The molecule has 0 radical (unpaired) electrons. The van der Waals surface area contributed by atoms with Crippen LogP contribution in [0.3, 0.4) is 0 Å². The molecule has 0 bridgehead atoms. The van der Waals surface area contributed by atoms with E-state index >= 15 is 0 Å². The van der Waals surface area contributed by atoms with Gasteiger partial charge in [-0.05, 0) is 30.4 Å². The average Bonchev–Trinajstić information content (AvgIpc) is 3.24. The number of anilines is 1. The second kappa shape index (κ2) is 10.3. The Kier molecular flexibility index (Phi) is 6.77. The van der Waals surface area contributed by atoms with Crippen molar-refractivity contribution in [3.8, 4) is 0 Å². The summed E-state index contributed by atoms with van der Waals surface area (Å²) in [6.07, 6.45) is 5.21. The summed E-state index contributed by atoms with van der Waals surface area (Å²) >= 11 is 0. The Morgan fingerprint density at radius 3 is 2.37 bits per heavy atom. The highest BCUT2D eigenvalue weighted by Crippen LogP contribution is 2.24. The summed E-state index contributed by atoms with van der Waals surface area (Å²) in [4.78, 5) is 26.0. The number of nitrogens with zero attached hydrogens (tertiary/aromatic N) is 5. The minimum Gasteiger partial charge on any atom is -0.341 e. The van der Waals surface area contributed by atoms with Crippen molar-refractivity contribution in [3.63, 3.8) is 0 Å². The van der Waals surface area contributed by atoms with Gasteiger partial charge in [0, 0.05) is 32.1 Å². The number of hydrogen-bond donors (Lipinski definition) is 1. The van der Waals surface area contributed by atoms with Gasteiger partial charge in [0.2, 0.25) is 5.95 Å². The molecule has 4 aromatic rings. The van der Waals surface area contributed by atoms with Gasteiger partial charge in [-0.2, -0.15) is 4.98 Å². The highest BCUT2D eigenvalue weighted by Gasteiger charge is 2.26. The summed E-state index contributed by atoms with van der Waals surface area (Å²) in [6, 6.07) is 20.5. The Balaban J connectivity index is 1.63. The van der Waals surface area contributed by atoms with Crippen LogP contribution in [0.15, 0.2) is 78.1 Å². The molecule has 1 fully saturated rings. The van der Waals surface area contributed by atoms with E-state index in [9.17, 15) is 4.79 Å². The number of aromatic nitrogens is 4. The Hall–Kier alpha value is -3.71. The number of piperidine rings is 1. The topological polar surface area (TPSA) is 82.0 Å². The van der Waals surface area contributed by atoms with E-state index in [2.05, 4.69) is 35.7 Å². The van der Waals surface area contributed by atoms with Crippen LogP contribution in [0.4, 0.5) is 5.95 Å². The molecule has 1 atom stereocenters. The molecule has 3 heterocycles. The third kappa shape index (κ3) is 4.91. The van der Waals surface area contributed by atoms with Crippen LogP contribution in [0.1, 0.15) is 29.8 Å². The van der Waals surface area contributed by atoms with Crippen molar-refractivity contribution >= 4 is 17.1 Å². The fourth-order valence-corrected chi connectivity index (χ4v) is 4.90. The van der Waals surface area contributed by atoms with Crippen LogP contribution in [0.2, 0.25) is 0 Å². The zero-order valence-corrected chi connectivity index (χ0v) is 20.0. The summed E-state index contributed by atoms with van der Waals surface area (Å²) in [6.45, 7) is 6.43. The third-order valence-electron chi connectivity index (χ3n) is 6.64. The minimum absolute atomic E-state index is 0.0750. The van der Waals surface area contributed by atoms with Crippen LogP contribution >= 0.6 is 0 Å². The highest BCUT2D eigenvalue weighted by molar-refractivity contribution is 5.74. The van der Waals surface area contributed by atoms with E-state index in [0.717, 1.165) is 49.7 Å². The Labute approximate surface area is 205 Å². The normalized spacial score (nSPS) is 16.0. The van der Waals surface area contributed by atoms with Crippen molar-refractivity contribution < 1.29 is 0 Å². The first-order valence-electron chi connectivity index (χ1n) is 12.3. The highest BCUT2D eigenvalue weighted by atomic mass is 16.1. The smallest absolute Gasteiger partial charge is 0.280 e. The van der Waals surface area contributed by atoms with Crippen LogP contribution in [0.5, 0.6) is 0 Å². The molecule has 180 valence electrons. The van der Waals surface area contributed by atoms with Gasteiger partial charge in [0.25, 0.3) is 5.56 Å². The van der Waals surface area contributed by atoms with Gasteiger partial charge in [0.15, 0.2) is 11.2 Å². The summed E-state index contributed by atoms with van der Waals surface area (Å²) in [5.74, 6) is 1.51. The molecule has 7 heteroatoms. The molecule has 35 heavy (non-hydrogen) atoms. The molecule has 7 nitrogen and oxygen atoms in total. The summed E-state index contributed by atoms with van der Waals surface area (Å²) in [5.41, 5.74) is 9.59. The number of aryl methyl sites for hydroxylation is 2. The number of rotatable bonds is 8. The summed E-state index contributed by atoms with van der Waals surface area (Å²) in [7, 11) is 0. The SMILES string of the molecule is C=CCn1c(CCc2ccccc2)nc2nc(N3CCCC(N)C3)n(Cc3ccccc3)c2c1=O. The predicted molar refractivity (Wildman–Crippen MR) is 141 cm³/mol. The maximum absolute atomic E-state index is 13.9. The lowest BCUT2D eigenvalue weighted by molar-refractivity contribution is 0.495. The first-order chi connectivity index (χ1) is 17.1. The predicted octanol–water partition coefficient (Wildman–Crippen LogP) is 3.54. The fraction of sp³-hybridized carbons (Fsp3) is 0.321. The van der Waals surface area contributed by atoms with Crippen molar-refractivity contribution in [2.75, 3.05) is 18.0 Å². The number of nitrogens with two attached hydrogens (primary N) is 1. The van der Waals surface area contributed by atoms with Crippen molar-refractivity contribution in [2.24, 2.45) is 5.73 Å². The second-order valence-corrected chi connectivity index (χ2v) is 9.22. The van der Waals surface area contributed by atoms with Crippen LogP contribution in [0, 0.1) is 0 Å². The van der Waals surface area contributed by atoms with Crippen LogP contribution < -0.4 is 16.2 Å². The van der Waals surface area contributed by atoms with Gasteiger partial charge in [-0.15, -0.1) is 6.58 Å². The van der Waals surface area contributed by atoms with Crippen LogP contribution in [0.25, 0.3) is 11.2 Å². The quantitative estimate of drug-likeness (QED) is 0.400. The van der Waals surface area contributed by atoms with E-state index in [1.807, 2.05) is 41.0 Å². The van der Waals surface area contributed by atoms with Crippen molar-refractivity contribution in [3.05, 3.63) is 101 Å². The van der Waals surface area contributed by atoms with Crippen molar-refractivity contribution in [2.45, 2.75) is 44.8 Å². The first kappa shape index (κ1) is 23.1. The fourth-order valence-electron chi connectivity index (χ4n) is 4.90. The Morgan fingerprint density at radius 1 is 0.971 bits per heavy atom. The van der Waals surface area contributed by atoms with Crippen LogP contribution in [-0.4, -0.2) is 38.2 Å². The largest absolute Gasteiger partial charge is 0.341 e. The lowest BCUT2D eigenvalue weighted by Gasteiger charge is -2.31. The second-order valence-electron chi connectivity index (χ2n) is 9.22. The number of fused-ring (bicyclic) bond motifs is 1. The lowest BCUT2D eigenvalue weighted by atomic mass is 10.1. The maximum atomic E-state index is 13.9. The van der Waals surface area contributed by atoms with Gasteiger partial charge in [0.05, 0.1) is 6.54 Å². The summed E-state index contributed by atoms with van der Waals surface area (Å²) in [5, 5.41) is 0. The first-order valence-corrected chi connectivity index (χ1v) is 12.3. The molecule has 2 aromatic carbocycles. The van der Waals surface area contributed by atoms with E-state index in [-0.39, 0.29) is 11.6 Å². The Morgan fingerprint density at radius 2 is 1.69 bits per heavy atom. The maximum Gasteiger partial charge on any atom is 0.280 e. The third-order valence-corrected chi connectivity index (χ3v) is 6.64. The van der Waals surface area contributed by atoms with Gasteiger partial charge < -0.3 is 10.6 Å². The number of allylic oxidation sites excluding steroid dienone is 1. The van der Waals surface area contributed by atoms with E-state index in [4.69, 9.17) is 15.7 Å². The Bertz CT molecular complexity index is 1360. The molecule has 1 aliphatic rings. The van der Waals surface area contributed by atoms with E-state index < -0.39 is 0 Å². The standard InChI is InChI=1S/C28H32N6O/c1-2-17-33-24(16-15-21-10-5-3-6-11-21)30-26-25(27(33)35)34(19-22-12-7-4-8-13-22)28(31-26)32-18-9-14-23(29)20-32/h2-8,10-13,23H,1,9,14-20,29H2. The van der Waals surface area contributed by atoms with Crippen molar-refractivity contribution in [1.82, 2.24) is 19.1 Å². The van der Waals surface area contributed by atoms with Gasteiger partial charge >= 0.3 is 0 Å². The zero-order chi connectivity index (χ0) is 24.2. The molecule has 1 unspecified atom stereocenters. The van der Waals surface area contributed by atoms with Gasteiger partial charge in [0.1, 0.15) is 5.82 Å². The monoisotopic (exact) mass is 468 g/mol. The average molecular weight is 469 g/mol.